The van der Waals surface area contributed by atoms with E-state index in [2.05, 4.69) is 48.6 Å². The van der Waals surface area contributed by atoms with E-state index in [0.29, 0.717) is 24.2 Å². The Balaban J connectivity index is 1.42. The molecule has 1 aromatic carbocycles. The third-order valence-corrected chi connectivity index (χ3v) is 6.39. The molecule has 0 saturated heterocycles. The van der Waals surface area contributed by atoms with Gasteiger partial charge in [0.2, 0.25) is 5.91 Å². The molecule has 28 heavy (non-hydrogen) atoms. The summed E-state index contributed by atoms with van der Waals surface area (Å²) in [7, 11) is 3.64. The Morgan fingerprint density at radius 2 is 1.96 bits per heavy atom. The van der Waals surface area contributed by atoms with E-state index in [9.17, 15) is 9.90 Å². The lowest BCUT2D eigenvalue weighted by atomic mass is 9.88. The minimum Gasteiger partial charge on any atom is -0.392 e. The van der Waals surface area contributed by atoms with Crippen LogP contribution in [-0.2, 0) is 11.2 Å². The van der Waals surface area contributed by atoms with E-state index in [1.165, 1.54) is 5.56 Å². The molecule has 0 aromatic heterocycles. The zero-order valence-electron chi connectivity index (χ0n) is 17.4. The van der Waals surface area contributed by atoms with Crippen LogP contribution in [0.3, 0.4) is 0 Å². The summed E-state index contributed by atoms with van der Waals surface area (Å²) in [6.45, 7) is 0. The van der Waals surface area contributed by atoms with Crippen LogP contribution >= 0.6 is 0 Å². The fourth-order valence-electron chi connectivity index (χ4n) is 4.79. The third-order valence-electron chi connectivity index (χ3n) is 6.39. The molecule has 1 N–H and O–H groups in total. The maximum absolute atomic E-state index is 11.7. The second kappa shape index (κ2) is 10.1. The van der Waals surface area contributed by atoms with Crippen molar-refractivity contribution in [3.05, 3.63) is 59.7 Å². The molecule has 0 unspecified atom stereocenters. The van der Waals surface area contributed by atoms with Crippen molar-refractivity contribution in [2.75, 3.05) is 14.1 Å². The molecule has 0 spiro atoms. The minimum atomic E-state index is -0.196. The molecule has 3 heteroatoms. The van der Waals surface area contributed by atoms with Crippen molar-refractivity contribution in [3.8, 4) is 0 Å². The molecule has 0 heterocycles. The van der Waals surface area contributed by atoms with Crippen molar-refractivity contribution in [2.45, 2.75) is 57.5 Å². The maximum Gasteiger partial charge on any atom is 0.222 e. The molecule has 152 valence electrons. The number of aliphatic hydroxyl groups excluding tert-OH is 1. The van der Waals surface area contributed by atoms with Crippen molar-refractivity contribution in [1.82, 2.24) is 4.90 Å². The number of hydrogen-bond donors (Lipinski definition) is 1. The predicted molar refractivity (Wildman–Crippen MR) is 115 cm³/mol. The van der Waals surface area contributed by atoms with Crippen LogP contribution in [0.1, 0.15) is 50.5 Å². The van der Waals surface area contributed by atoms with Crippen LogP contribution in [0.4, 0.5) is 0 Å². The quantitative estimate of drug-likeness (QED) is 0.494. The molecule has 0 radical (unpaired) electrons. The predicted octanol–water partition coefficient (Wildman–Crippen LogP) is 4.77. The van der Waals surface area contributed by atoms with E-state index >= 15 is 0 Å². The number of allylic oxidation sites excluding steroid dienone is 3. The monoisotopic (exact) mass is 381 g/mol. The average molecular weight is 382 g/mol. The highest BCUT2D eigenvalue weighted by Gasteiger charge is 2.42. The Bertz CT molecular complexity index is 692. The summed E-state index contributed by atoms with van der Waals surface area (Å²) in [6, 6.07) is 10.6. The molecule has 3 rings (SSSR count). The Hall–Kier alpha value is -1.87. The molecule has 0 aliphatic heterocycles. The lowest BCUT2D eigenvalue weighted by Gasteiger charge is -2.18. The van der Waals surface area contributed by atoms with Crippen molar-refractivity contribution in [3.63, 3.8) is 0 Å². The number of carbonyl (C=O) groups excluding carboxylic acids is 1. The van der Waals surface area contributed by atoms with Crippen LogP contribution < -0.4 is 0 Å². The first-order valence-electron chi connectivity index (χ1n) is 10.8. The average Bonchev–Trinajstić information content (AvgIpc) is 3.20. The van der Waals surface area contributed by atoms with Gasteiger partial charge in [-0.2, -0.15) is 0 Å². The highest BCUT2D eigenvalue weighted by atomic mass is 16.3. The van der Waals surface area contributed by atoms with E-state index in [-0.39, 0.29) is 12.0 Å². The highest BCUT2D eigenvalue weighted by molar-refractivity contribution is 5.75. The largest absolute Gasteiger partial charge is 0.392 e. The standard InChI is InChI=1S/C25H35NO2/c1-26(2)25(28)15-9-7-13-20-16-21-18-24(27)22(23(21)17-20)14-8-6-12-19-10-4-3-5-11-19/h3-5,8,10-11,14,16,21-24,27H,6-7,9,12-13,15,17-18H2,1-2H3/t21-,22+,23-,24+/m0/s1. The summed E-state index contributed by atoms with van der Waals surface area (Å²) < 4.78 is 0. The van der Waals surface area contributed by atoms with Crippen LogP contribution in [0.5, 0.6) is 0 Å². The molecule has 4 atom stereocenters. The topological polar surface area (TPSA) is 40.5 Å². The van der Waals surface area contributed by atoms with Crippen molar-refractivity contribution < 1.29 is 9.90 Å². The second-order valence-corrected chi connectivity index (χ2v) is 8.68. The zero-order chi connectivity index (χ0) is 19.9. The SMILES string of the molecule is CN(C)C(=O)CCCCC1=C[C@H]2C[C@@H](O)[C@H](C=CCCc3ccccc3)[C@H]2C1. The molecule has 1 aromatic rings. The van der Waals surface area contributed by atoms with Crippen LogP contribution in [0.2, 0.25) is 0 Å². The first-order valence-corrected chi connectivity index (χ1v) is 10.8. The fraction of sp³-hybridized carbons (Fsp3) is 0.560. The first-order chi connectivity index (χ1) is 13.5. The van der Waals surface area contributed by atoms with Gasteiger partial charge in [0.25, 0.3) is 0 Å². The number of nitrogens with zero attached hydrogens (tertiary/aromatic N) is 1. The number of carbonyl (C=O) groups is 1. The maximum atomic E-state index is 11.7. The van der Waals surface area contributed by atoms with Crippen molar-refractivity contribution >= 4 is 5.91 Å². The second-order valence-electron chi connectivity index (χ2n) is 8.68. The molecule has 2 aliphatic rings. The number of aryl methyl sites for hydroxylation is 1. The summed E-state index contributed by atoms with van der Waals surface area (Å²) in [6.07, 6.45) is 14.7. The highest BCUT2D eigenvalue weighted by Crippen LogP contribution is 2.48. The molecule has 1 amide bonds. The van der Waals surface area contributed by atoms with Gasteiger partial charge in [-0.25, -0.2) is 0 Å². The number of unbranched alkanes of at least 4 members (excludes halogenated alkanes) is 1. The van der Waals surface area contributed by atoms with Gasteiger partial charge in [0.05, 0.1) is 6.10 Å². The third kappa shape index (κ3) is 5.57. The van der Waals surface area contributed by atoms with Gasteiger partial charge in [0.1, 0.15) is 0 Å². The van der Waals surface area contributed by atoms with E-state index in [1.54, 1.807) is 10.5 Å². The van der Waals surface area contributed by atoms with Gasteiger partial charge in [-0.1, -0.05) is 54.1 Å². The molecular formula is C25H35NO2. The number of amides is 1. The minimum absolute atomic E-state index is 0.196. The number of rotatable bonds is 9. The molecule has 1 fully saturated rings. The van der Waals surface area contributed by atoms with Crippen LogP contribution in [0.25, 0.3) is 0 Å². The fourth-order valence-corrected chi connectivity index (χ4v) is 4.79. The summed E-state index contributed by atoms with van der Waals surface area (Å²) in [5, 5.41) is 10.5. The van der Waals surface area contributed by atoms with Crippen LogP contribution in [0, 0.1) is 17.8 Å². The van der Waals surface area contributed by atoms with Gasteiger partial charge < -0.3 is 10.0 Å². The van der Waals surface area contributed by atoms with E-state index in [1.807, 2.05) is 14.1 Å². The number of benzene rings is 1. The van der Waals surface area contributed by atoms with Gasteiger partial charge in [-0.15, -0.1) is 0 Å². The van der Waals surface area contributed by atoms with Gasteiger partial charge in [0.15, 0.2) is 0 Å². The van der Waals surface area contributed by atoms with Crippen LogP contribution in [0.15, 0.2) is 54.1 Å². The molecule has 3 nitrogen and oxygen atoms in total. The summed E-state index contributed by atoms with van der Waals surface area (Å²) in [5.41, 5.74) is 2.91. The lowest BCUT2D eigenvalue weighted by molar-refractivity contribution is -0.128. The van der Waals surface area contributed by atoms with Gasteiger partial charge in [-0.3, -0.25) is 4.79 Å². The van der Waals surface area contributed by atoms with E-state index in [0.717, 1.165) is 44.9 Å². The number of aliphatic hydroxyl groups is 1. The molecule has 1 saturated carbocycles. The number of hydrogen-bond acceptors (Lipinski definition) is 2. The van der Waals surface area contributed by atoms with E-state index < -0.39 is 0 Å². The smallest absolute Gasteiger partial charge is 0.222 e. The summed E-state index contributed by atoms with van der Waals surface area (Å²) in [5.74, 6) is 1.63. The Labute approximate surface area is 170 Å². The Morgan fingerprint density at radius 1 is 1.18 bits per heavy atom. The normalized spacial score (nSPS) is 26.5. The van der Waals surface area contributed by atoms with Gasteiger partial charge >= 0.3 is 0 Å². The lowest BCUT2D eigenvalue weighted by Crippen LogP contribution is -2.21. The summed E-state index contributed by atoms with van der Waals surface area (Å²) >= 11 is 0. The molecule has 0 bridgehead atoms. The first kappa shape index (κ1) is 20.9. The Morgan fingerprint density at radius 3 is 2.71 bits per heavy atom. The van der Waals surface area contributed by atoms with Crippen LogP contribution in [-0.4, -0.2) is 36.1 Å². The summed E-state index contributed by atoms with van der Waals surface area (Å²) in [4.78, 5) is 13.3. The van der Waals surface area contributed by atoms with E-state index in [4.69, 9.17) is 0 Å². The van der Waals surface area contributed by atoms with Gasteiger partial charge in [-0.05, 0) is 62.3 Å². The van der Waals surface area contributed by atoms with Gasteiger partial charge in [0, 0.05) is 26.4 Å². The zero-order valence-corrected chi connectivity index (χ0v) is 17.4. The molecular weight excluding hydrogens is 346 g/mol. The molecule has 2 aliphatic carbocycles. The Kier molecular flexibility index (Phi) is 7.50. The van der Waals surface area contributed by atoms with Crippen molar-refractivity contribution in [2.24, 2.45) is 17.8 Å². The van der Waals surface area contributed by atoms with Crippen molar-refractivity contribution in [1.29, 1.82) is 0 Å². The number of fused-ring (bicyclic) bond motifs is 1.